The number of carbonyl (C=O) groups excluding carboxylic acids is 1. The number of rotatable bonds is 5. The highest BCUT2D eigenvalue weighted by Crippen LogP contribution is 2.44. The number of anilines is 1. The Bertz CT molecular complexity index is 934. The van der Waals surface area contributed by atoms with Gasteiger partial charge in [0.1, 0.15) is 5.75 Å². The molecule has 2 heterocycles. The number of nitrogens with zero attached hydrogens (tertiary/aromatic N) is 3. The standard InChI is InChI=1S/C26H35BrN4O2/c1-18-6-5-15-30(26(32)28-21-11-13-22(33-4)14-12-21)17-24-25(19-7-9-20(27)10-8-19)23(31(18)24)16-29(2)3/h7-14,18,23-25H,5-6,15-17H2,1-4H3,(H,28,32)/t18?,23-,24+,25+/m1/s1. The third-order valence-corrected chi connectivity index (χ3v) is 7.53. The molecule has 0 bridgehead atoms. The van der Waals surface area contributed by atoms with Gasteiger partial charge in [-0.2, -0.15) is 0 Å². The van der Waals surface area contributed by atoms with E-state index < -0.39 is 0 Å². The highest BCUT2D eigenvalue weighted by Gasteiger charge is 2.51. The number of urea groups is 1. The van der Waals surface area contributed by atoms with E-state index in [4.69, 9.17) is 4.74 Å². The second-order valence-electron chi connectivity index (χ2n) is 9.52. The normalized spacial score (nSPS) is 25.6. The van der Waals surface area contributed by atoms with Crippen LogP contribution in [0.5, 0.6) is 5.75 Å². The van der Waals surface area contributed by atoms with Gasteiger partial charge in [0, 0.05) is 53.8 Å². The summed E-state index contributed by atoms with van der Waals surface area (Å²) >= 11 is 3.57. The number of likely N-dealkylation sites (N-methyl/N-ethyl adjacent to an activating group) is 1. The molecule has 2 amide bonds. The van der Waals surface area contributed by atoms with Gasteiger partial charge in [-0.3, -0.25) is 4.90 Å². The lowest BCUT2D eigenvalue weighted by Crippen LogP contribution is -2.71. The van der Waals surface area contributed by atoms with Crippen molar-refractivity contribution < 1.29 is 9.53 Å². The lowest BCUT2D eigenvalue weighted by atomic mass is 9.72. The molecule has 2 aliphatic rings. The summed E-state index contributed by atoms with van der Waals surface area (Å²) in [5.41, 5.74) is 2.14. The van der Waals surface area contributed by atoms with Crippen molar-refractivity contribution in [2.24, 2.45) is 0 Å². The summed E-state index contributed by atoms with van der Waals surface area (Å²) in [6.45, 7) is 4.87. The van der Waals surface area contributed by atoms with Crippen LogP contribution in [-0.4, -0.2) is 79.7 Å². The zero-order valence-electron chi connectivity index (χ0n) is 20.0. The molecule has 0 aliphatic carbocycles. The molecule has 2 aromatic carbocycles. The molecule has 0 spiro atoms. The van der Waals surface area contributed by atoms with Gasteiger partial charge in [-0.25, -0.2) is 4.79 Å². The maximum Gasteiger partial charge on any atom is 0.321 e. The van der Waals surface area contributed by atoms with Crippen LogP contribution in [-0.2, 0) is 0 Å². The van der Waals surface area contributed by atoms with Crippen LogP contribution in [0, 0.1) is 0 Å². The summed E-state index contributed by atoms with van der Waals surface area (Å²) in [6.07, 6.45) is 2.11. The van der Waals surface area contributed by atoms with Crippen LogP contribution >= 0.6 is 15.9 Å². The van der Waals surface area contributed by atoms with Crippen molar-refractivity contribution in [2.75, 3.05) is 46.2 Å². The van der Waals surface area contributed by atoms with Gasteiger partial charge in [-0.15, -0.1) is 0 Å². The third kappa shape index (κ3) is 5.36. The van der Waals surface area contributed by atoms with Crippen LogP contribution in [0.2, 0.25) is 0 Å². The molecular weight excluding hydrogens is 480 g/mol. The summed E-state index contributed by atoms with van der Waals surface area (Å²) in [5.74, 6) is 1.18. The fourth-order valence-corrected chi connectivity index (χ4v) is 5.71. The summed E-state index contributed by atoms with van der Waals surface area (Å²) < 4.78 is 6.32. The van der Waals surface area contributed by atoms with Gasteiger partial charge in [0.25, 0.3) is 0 Å². The van der Waals surface area contributed by atoms with Gasteiger partial charge in [0.15, 0.2) is 0 Å². The van der Waals surface area contributed by atoms with E-state index in [-0.39, 0.29) is 6.03 Å². The first-order chi connectivity index (χ1) is 15.9. The number of hydrogen-bond acceptors (Lipinski definition) is 4. The minimum absolute atomic E-state index is 0.0275. The van der Waals surface area contributed by atoms with Crippen LogP contribution in [0.25, 0.3) is 0 Å². The number of halogens is 1. The number of carbonyl (C=O) groups is 1. The second kappa shape index (κ2) is 10.5. The van der Waals surface area contributed by atoms with Crippen LogP contribution in [0.4, 0.5) is 10.5 Å². The lowest BCUT2D eigenvalue weighted by molar-refractivity contribution is -0.0735. The maximum absolute atomic E-state index is 13.2. The number of nitrogens with one attached hydrogen (secondary N) is 1. The Balaban J connectivity index is 1.55. The van der Waals surface area contributed by atoms with Crippen molar-refractivity contribution in [1.82, 2.24) is 14.7 Å². The minimum atomic E-state index is -0.0275. The van der Waals surface area contributed by atoms with E-state index in [0.717, 1.165) is 48.4 Å². The molecule has 0 aromatic heterocycles. The van der Waals surface area contributed by atoms with Crippen LogP contribution in [0.1, 0.15) is 31.2 Å². The third-order valence-electron chi connectivity index (χ3n) is 7.00. The van der Waals surface area contributed by atoms with Gasteiger partial charge in [-0.05, 0) is 75.8 Å². The smallest absolute Gasteiger partial charge is 0.321 e. The maximum atomic E-state index is 13.2. The van der Waals surface area contributed by atoms with Gasteiger partial charge < -0.3 is 19.9 Å². The molecule has 2 aromatic rings. The van der Waals surface area contributed by atoms with E-state index in [9.17, 15) is 4.79 Å². The van der Waals surface area contributed by atoms with Crippen molar-refractivity contribution in [2.45, 2.75) is 43.8 Å². The molecule has 1 unspecified atom stereocenters. The van der Waals surface area contributed by atoms with Crippen LogP contribution in [0.3, 0.4) is 0 Å². The Kier molecular flexibility index (Phi) is 7.62. The topological polar surface area (TPSA) is 48.1 Å². The molecule has 2 aliphatic heterocycles. The monoisotopic (exact) mass is 514 g/mol. The predicted molar refractivity (Wildman–Crippen MR) is 137 cm³/mol. The Morgan fingerprint density at radius 3 is 2.48 bits per heavy atom. The Labute approximate surface area is 206 Å². The molecular formula is C26H35BrN4O2. The molecule has 0 saturated carbocycles. The van der Waals surface area contributed by atoms with Crippen molar-refractivity contribution >= 4 is 27.6 Å². The number of benzene rings is 2. The van der Waals surface area contributed by atoms with Crippen LogP contribution in [0.15, 0.2) is 53.0 Å². The van der Waals surface area contributed by atoms with Crippen molar-refractivity contribution in [3.8, 4) is 5.75 Å². The summed E-state index contributed by atoms with van der Waals surface area (Å²) in [7, 11) is 5.94. The SMILES string of the molecule is COc1ccc(NC(=O)N2CCCC(C)N3[C@H](CN(C)C)[C@H](c4ccc(Br)cc4)[C@@H]3C2)cc1. The first-order valence-electron chi connectivity index (χ1n) is 11.7. The number of amides is 2. The van der Waals surface area contributed by atoms with Crippen LogP contribution < -0.4 is 10.1 Å². The predicted octanol–water partition coefficient (Wildman–Crippen LogP) is 4.87. The van der Waals surface area contributed by atoms with E-state index in [0.29, 0.717) is 24.0 Å². The second-order valence-corrected chi connectivity index (χ2v) is 10.4. The molecule has 0 radical (unpaired) electrons. The van der Waals surface area contributed by atoms with Gasteiger partial charge in [0.05, 0.1) is 7.11 Å². The quantitative estimate of drug-likeness (QED) is 0.618. The Morgan fingerprint density at radius 1 is 1.15 bits per heavy atom. The van der Waals surface area contributed by atoms with E-state index in [1.54, 1.807) is 7.11 Å². The Morgan fingerprint density at radius 2 is 1.85 bits per heavy atom. The first kappa shape index (κ1) is 24.0. The number of methoxy groups -OCH3 is 1. The van der Waals surface area contributed by atoms with E-state index in [2.05, 4.69) is 76.3 Å². The number of hydrogen-bond donors (Lipinski definition) is 1. The van der Waals surface area contributed by atoms with Gasteiger partial charge in [0.2, 0.25) is 0 Å². The summed E-state index contributed by atoms with van der Waals surface area (Å²) in [4.78, 5) is 20.2. The largest absolute Gasteiger partial charge is 0.497 e. The average Bonchev–Trinajstić information content (AvgIpc) is 2.77. The molecule has 33 heavy (non-hydrogen) atoms. The molecule has 6 nitrogen and oxygen atoms in total. The minimum Gasteiger partial charge on any atom is -0.497 e. The molecule has 178 valence electrons. The molecule has 2 saturated heterocycles. The number of fused-ring (bicyclic) bond motifs is 1. The zero-order chi connectivity index (χ0) is 23.5. The molecule has 2 fully saturated rings. The zero-order valence-corrected chi connectivity index (χ0v) is 21.6. The molecule has 4 rings (SSSR count). The summed E-state index contributed by atoms with van der Waals surface area (Å²) in [6, 6.07) is 17.5. The van der Waals surface area contributed by atoms with E-state index in [1.165, 1.54) is 5.56 Å². The van der Waals surface area contributed by atoms with Crippen molar-refractivity contribution in [1.29, 1.82) is 0 Å². The fourth-order valence-electron chi connectivity index (χ4n) is 5.45. The highest BCUT2D eigenvalue weighted by molar-refractivity contribution is 9.10. The number of ether oxygens (including phenoxy) is 1. The average molecular weight is 515 g/mol. The van der Waals surface area contributed by atoms with Gasteiger partial charge in [-0.1, -0.05) is 28.1 Å². The van der Waals surface area contributed by atoms with Gasteiger partial charge >= 0.3 is 6.03 Å². The molecule has 1 N–H and O–H groups in total. The van der Waals surface area contributed by atoms with Crippen molar-refractivity contribution in [3.63, 3.8) is 0 Å². The van der Waals surface area contributed by atoms with E-state index >= 15 is 0 Å². The first-order valence-corrected chi connectivity index (χ1v) is 12.5. The fraction of sp³-hybridized carbons (Fsp3) is 0.500. The summed E-state index contributed by atoms with van der Waals surface area (Å²) in [5, 5.41) is 3.09. The lowest BCUT2D eigenvalue weighted by Gasteiger charge is -2.60. The Hall–Kier alpha value is -2.09. The highest BCUT2D eigenvalue weighted by atomic mass is 79.9. The van der Waals surface area contributed by atoms with Crippen molar-refractivity contribution in [3.05, 3.63) is 58.6 Å². The molecule has 4 atom stereocenters. The van der Waals surface area contributed by atoms with E-state index in [1.807, 2.05) is 29.2 Å². The molecule has 7 heteroatoms.